The molecule has 5 rings (SSSR count). The maximum absolute atomic E-state index is 13.3. The summed E-state index contributed by atoms with van der Waals surface area (Å²) >= 11 is 1.34. The van der Waals surface area contributed by atoms with Crippen molar-refractivity contribution in [1.29, 1.82) is 0 Å². The van der Waals surface area contributed by atoms with Gasteiger partial charge in [-0.25, -0.2) is 4.79 Å². The molecule has 3 heterocycles. The molecule has 2 aliphatic rings. The maximum Gasteiger partial charge on any atom is 0.328 e. The smallest absolute Gasteiger partial charge is 0.328 e. The Labute approximate surface area is 189 Å². The molecule has 164 valence electrons. The van der Waals surface area contributed by atoms with E-state index in [0.29, 0.717) is 41.7 Å². The third kappa shape index (κ3) is 3.89. The van der Waals surface area contributed by atoms with E-state index in [0.717, 1.165) is 16.7 Å². The Bertz CT molecular complexity index is 1170. The highest BCUT2D eigenvalue weighted by atomic mass is 32.1. The molecule has 2 aromatic carbocycles. The number of fused-ring (bicyclic) bond motifs is 2. The number of carbonyl (C=O) groups excluding carboxylic acids is 2. The van der Waals surface area contributed by atoms with Gasteiger partial charge in [0.05, 0.1) is 12.0 Å². The Morgan fingerprint density at radius 2 is 1.91 bits per heavy atom. The van der Waals surface area contributed by atoms with Crippen LogP contribution in [-0.2, 0) is 29.1 Å². The summed E-state index contributed by atoms with van der Waals surface area (Å²) in [5, 5.41) is 1.89. The zero-order valence-corrected chi connectivity index (χ0v) is 18.2. The SMILES string of the molecule is COC(=O)C1Cc2ccccc2CN1C(=O)c1cc(COc2ccc3c(c2)OCO3)cs1. The van der Waals surface area contributed by atoms with Gasteiger partial charge in [0.2, 0.25) is 6.79 Å². The van der Waals surface area contributed by atoms with Crippen LogP contribution in [0.3, 0.4) is 0 Å². The van der Waals surface area contributed by atoms with Gasteiger partial charge in [-0.3, -0.25) is 4.79 Å². The number of hydrogen-bond donors (Lipinski definition) is 0. The van der Waals surface area contributed by atoms with E-state index in [4.69, 9.17) is 18.9 Å². The minimum absolute atomic E-state index is 0.186. The van der Waals surface area contributed by atoms with Gasteiger partial charge in [-0.1, -0.05) is 24.3 Å². The van der Waals surface area contributed by atoms with Gasteiger partial charge in [0.1, 0.15) is 18.4 Å². The quantitative estimate of drug-likeness (QED) is 0.550. The first-order valence-electron chi connectivity index (χ1n) is 10.2. The van der Waals surface area contributed by atoms with E-state index in [1.54, 1.807) is 17.0 Å². The fraction of sp³-hybridized carbons (Fsp3) is 0.250. The number of carbonyl (C=O) groups is 2. The fourth-order valence-corrected chi connectivity index (χ4v) is 4.77. The van der Waals surface area contributed by atoms with Gasteiger partial charge in [-0.15, -0.1) is 11.3 Å². The van der Waals surface area contributed by atoms with Crippen LogP contribution in [-0.4, -0.2) is 36.7 Å². The van der Waals surface area contributed by atoms with Crippen molar-refractivity contribution in [2.75, 3.05) is 13.9 Å². The molecule has 1 atom stereocenters. The summed E-state index contributed by atoms with van der Waals surface area (Å²) < 4.78 is 21.5. The van der Waals surface area contributed by atoms with Gasteiger partial charge in [-0.05, 0) is 34.7 Å². The van der Waals surface area contributed by atoms with Crippen LogP contribution in [0.4, 0.5) is 0 Å². The molecule has 32 heavy (non-hydrogen) atoms. The number of rotatable bonds is 5. The molecule has 0 radical (unpaired) electrons. The van der Waals surface area contributed by atoms with E-state index in [9.17, 15) is 9.59 Å². The Kier molecular flexibility index (Phi) is 5.45. The van der Waals surface area contributed by atoms with Crippen molar-refractivity contribution in [2.24, 2.45) is 0 Å². The van der Waals surface area contributed by atoms with Crippen molar-refractivity contribution in [1.82, 2.24) is 4.90 Å². The van der Waals surface area contributed by atoms with E-state index >= 15 is 0 Å². The van der Waals surface area contributed by atoms with Crippen molar-refractivity contribution >= 4 is 23.2 Å². The number of benzene rings is 2. The van der Waals surface area contributed by atoms with Crippen LogP contribution in [0.1, 0.15) is 26.4 Å². The van der Waals surface area contributed by atoms with E-state index in [1.807, 2.05) is 41.8 Å². The number of thiophene rings is 1. The highest BCUT2D eigenvalue weighted by molar-refractivity contribution is 7.12. The molecule has 0 spiro atoms. The lowest BCUT2D eigenvalue weighted by Crippen LogP contribution is -2.49. The Balaban J connectivity index is 1.30. The van der Waals surface area contributed by atoms with Crippen LogP contribution < -0.4 is 14.2 Å². The second-order valence-corrected chi connectivity index (χ2v) is 8.48. The highest BCUT2D eigenvalue weighted by Gasteiger charge is 2.36. The summed E-state index contributed by atoms with van der Waals surface area (Å²) in [6.07, 6.45) is 0.444. The first-order valence-corrected chi connectivity index (χ1v) is 11.1. The first-order chi connectivity index (χ1) is 15.6. The zero-order valence-electron chi connectivity index (χ0n) is 17.4. The first kappa shape index (κ1) is 20.4. The molecule has 0 N–H and O–H groups in total. The lowest BCUT2D eigenvalue weighted by atomic mass is 9.93. The lowest BCUT2D eigenvalue weighted by Gasteiger charge is -2.34. The number of hydrogen-bond acceptors (Lipinski definition) is 7. The van der Waals surface area contributed by atoms with Crippen LogP contribution in [0.5, 0.6) is 17.2 Å². The molecule has 1 amide bonds. The molecule has 1 aromatic heterocycles. The number of esters is 1. The van der Waals surface area contributed by atoms with Gasteiger partial charge in [0.15, 0.2) is 11.5 Å². The minimum Gasteiger partial charge on any atom is -0.489 e. The second-order valence-electron chi connectivity index (χ2n) is 7.57. The summed E-state index contributed by atoms with van der Waals surface area (Å²) in [7, 11) is 1.35. The lowest BCUT2D eigenvalue weighted by molar-refractivity contribution is -0.146. The molecule has 3 aromatic rings. The Morgan fingerprint density at radius 3 is 2.75 bits per heavy atom. The molecular formula is C24H21NO6S. The van der Waals surface area contributed by atoms with E-state index in [-0.39, 0.29) is 12.7 Å². The van der Waals surface area contributed by atoms with E-state index in [1.165, 1.54) is 18.4 Å². The molecule has 7 nitrogen and oxygen atoms in total. The molecule has 2 aliphatic heterocycles. The van der Waals surface area contributed by atoms with Gasteiger partial charge < -0.3 is 23.8 Å². The topological polar surface area (TPSA) is 74.3 Å². The summed E-state index contributed by atoms with van der Waals surface area (Å²) in [5.41, 5.74) is 2.99. The Hall–Kier alpha value is -3.52. The molecule has 0 saturated carbocycles. The van der Waals surface area contributed by atoms with E-state index < -0.39 is 12.0 Å². The normalized spacial score (nSPS) is 16.4. The predicted molar refractivity (Wildman–Crippen MR) is 117 cm³/mol. The molecule has 0 saturated heterocycles. The van der Waals surface area contributed by atoms with Crippen LogP contribution in [0.25, 0.3) is 0 Å². The van der Waals surface area contributed by atoms with Gasteiger partial charge in [0, 0.05) is 24.6 Å². The molecular weight excluding hydrogens is 430 g/mol. The van der Waals surface area contributed by atoms with Crippen molar-refractivity contribution < 1.29 is 28.5 Å². The monoisotopic (exact) mass is 451 g/mol. The summed E-state index contributed by atoms with van der Waals surface area (Å²) in [4.78, 5) is 27.9. The third-order valence-corrected chi connectivity index (χ3v) is 6.56. The van der Waals surface area contributed by atoms with Gasteiger partial charge >= 0.3 is 5.97 Å². The molecule has 1 unspecified atom stereocenters. The Morgan fingerprint density at radius 1 is 1.09 bits per heavy atom. The largest absolute Gasteiger partial charge is 0.489 e. The number of amides is 1. The van der Waals surface area contributed by atoms with Crippen molar-refractivity contribution in [3.63, 3.8) is 0 Å². The van der Waals surface area contributed by atoms with Crippen LogP contribution in [0.2, 0.25) is 0 Å². The summed E-state index contributed by atoms with van der Waals surface area (Å²) in [6, 6.07) is 14.4. The maximum atomic E-state index is 13.3. The molecule has 0 fully saturated rings. The van der Waals surface area contributed by atoms with Crippen LogP contribution in [0.15, 0.2) is 53.9 Å². The number of nitrogens with zero attached hydrogens (tertiary/aromatic N) is 1. The molecule has 0 bridgehead atoms. The predicted octanol–water partition coefficient (Wildman–Crippen LogP) is 3.80. The van der Waals surface area contributed by atoms with E-state index in [2.05, 4.69) is 0 Å². The third-order valence-electron chi connectivity index (χ3n) is 5.60. The van der Waals surface area contributed by atoms with Gasteiger partial charge in [-0.2, -0.15) is 0 Å². The fourth-order valence-electron chi connectivity index (χ4n) is 3.92. The average Bonchev–Trinajstić information content (AvgIpc) is 3.50. The minimum atomic E-state index is -0.641. The second kappa shape index (κ2) is 8.55. The van der Waals surface area contributed by atoms with Crippen molar-refractivity contribution in [2.45, 2.75) is 25.6 Å². The average molecular weight is 452 g/mol. The zero-order chi connectivity index (χ0) is 22.1. The van der Waals surface area contributed by atoms with Crippen LogP contribution in [0, 0.1) is 0 Å². The number of ether oxygens (including phenoxy) is 4. The van der Waals surface area contributed by atoms with Gasteiger partial charge in [0.25, 0.3) is 5.91 Å². The van der Waals surface area contributed by atoms with Crippen molar-refractivity contribution in [3.8, 4) is 17.2 Å². The highest BCUT2D eigenvalue weighted by Crippen LogP contribution is 2.35. The van der Waals surface area contributed by atoms with Crippen LogP contribution >= 0.6 is 11.3 Å². The molecule has 8 heteroatoms. The molecule has 0 aliphatic carbocycles. The standard InChI is InChI=1S/C24H21NO6S/c1-28-24(27)19-9-16-4-2-3-5-17(16)11-25(19)23(26)22-8-15(13-32-22)12-29-18-6-7-20-21(10-18)31-14-30-20/h2-8,10,13,19H,9,11-12,14H2,1H3. The summed E-state index contributed by atoms with van der Waals surface area (Å²) in [5.74, 6) is 1.42. The summed E-state index contributed by atoms with van der Waals surface area (Å²) in [6.45, 7) is 0.894. The van der Waals surface area contributed by atoms with Crippen molar-refractivity contribution in [3.05, 3.63) is 75.5 Å². The number of methoxy groups -OCH3 is 1.